The number of carbonyl (C=O) groups is 3. The lowest BCUT2D eigenvalue weighted by atomic mass is 9.94. The average molecular weight is 466 g/mol. The Kier molecular flexibility index (Phi) is 9.33. The first kappa shape index (κ1) is 26.4. The SMILES string of the molecule is CC(=O)OCC1OC(C)C(OC(C)=O)[C@@H](O)[C@@H]1O[C@@H]1OC(COC(C)=O)[C@H](O)[C@H](O)C1O. The third-order valence-electron chi connectivity index (χ3n) is 5.06. The molecule has 0 bridgehead atoms. The van der Waals surface area contributed by atoms with E-state index < -0.39 is 85.7 Å². The van der Waals surface area contributed by atoms with Crippen molar-refractivity contribution >= 4 is 17.9 Å². The second-order valence-corrected chi connectivity index (χ2v) is 7.66. The number of esters is 3. The number of hydrogen-bond donors (Lipinski definition) is 4. The Morgan fingerprint density at radius 3 is 1.81 bits per heavy atom. The molecule has 4 N–H and O–H groups in total. The number of carbonyl (C=O) groups excluding carboxylic acids is 3. The minimum atomic E-state index is -1.76. The first-order valence-corrected chi connectivity index (χ1v) is 10.0. The van der Waals surface area contributed by atoms with Crippen LogP contribution in [-0.2, 0) is 42.8 Å². The van der Waals surface area contributed by atoms with Gasteiger partial charge in [-0.05, 0) is 6.92 Å². The maximum atomic E-state index is 11.4. The van der Waals surface area contributed by atoms with Gasteiger partial charge in [-0.1, -0.05) is 0 Å². The fraction of sp³-hybridized carbons (Fsp3) is 0.842. The van der Waals surface area contributed by atoms with Crippen molar-refractivity contribution in [2.75, 3.05) is 13.2 Å². The summed E-state index contributed by atoms with van der Waals surface area (Å²) in [5.74, 6) is -1.96. The van der Waals surface area contributed by atoms with Crippen LogP contribution in [0, 0.1) is 0 Å². The van der Waals surface area contributed by atoms with Crippen LogP contribution in [0.3, 0.4) is 0 Å². The van der Waals surface area contributed by atoms with Crippen molar-refractivity contribution in [1.82, 2.24) is 0 Å². The molecule has 32 heavy (non-hydrogen) atoms. The van der Waals surface area contributed by atoms with Crippen LogP contribution in [0.2, 0.25) is 0 Å². The molecule has 13 nitrogen and oxygen atoms in total. The molecule has 0 spiro atoms. The minimum absolute atomic E-state index is 0.334. The molecule has 2 aliphatic rings. The molecule has 0 radical (unpaired) electrons. The number of hydrogen-bond acceptors (Lipinski definition) is 13. The van der Waals surface area contributed by atoms with E-state index in [1.807, 2.05) is 0 Å². The van der Waals surface area contributed by atoms with Gasteiger partial charge in [0.2, 0.25) is 0 Å². The van der Waals surface area contributed by atoms with Crippen molar-refractivity contribution in [3.05, 3.63) is 0 Å². The molecular formula is C19H30O13. The van der Waals surface area contributed by atoms with Gasteiger partial charge >= 0.3 is 17.9 Å². The molecule has 2 aliphatic heterocycles. The van der Waals surface area contributed by atoms with Crippen LogP contribution >= 0.6 is 0 Å². The molecule has 2 fully saturated rings. The molecule has 0 amide bonds. The van der Waals surface area contributed by atoms with E-state index in [0.29, 0.717) is 0 Å². The summed E-state index contributed by atoms with van der Waals surface area (Å²) in [5, 5.41) is 41.4. The first-order valence-electron chi connectivity index (χ1n) is 10.0. The Morgan fingerprint density at radius 1 is 0.719 bits per heavy atom. The summed E-state index contributed by atoms with van der Waals surface area (Å²) in [6, 6.07) is 0. The lowest BCUT2D eigenvalue weighted by Crippen LogP contribution is -2.64. The Bertz CT molecular complexity index is 668. The van der Waals surface area contributed by atoms with E-state index in [9.17, 15) is 34.8 Å². The van der Waals surface area contributed by atoms with Gasteiger partial charge in [-0.25, -0.2) is 0 Å². The monoisotopic (exact) mass is 466 g/mol. The largest absolute Gasteiger partial charge is 0.463 e. The molecule has 0 aromatic rings. The van der Waals surface area contributed by atoms with E-state index in [1.165, 1.54) is 13.8 Å². The topological polar surface area (TPSA) is 188 Å². The van der Waals surface area contributed by atoms with Crippen LogP contribution in [0.5, 0.6) is 0 Å². The Balaban J connectivity index is 2.22. The van der Waals surface area contributed by atoms with Gasteiger partial charge in [-0.15, -0.1) is 0 Å². The van der Waals surface area contributed by atoms with Crippen molar-refractivity contribution in [3.8, 4) is 0 Å². The predicted octanol–water partition coefficient (Wildman–Crippen LogP) is -2.61. The summed E-state index contributed by atoms with van der Waals surface area (Å²) in [6.07, 6.45) is -13.8. The van der Waals surface area contributed by atoms with Gasteiger partial charge < -0.3 is 48.8 Å². The smallest absolute Gasteiger partial charge is 0.303 e. The van der Waals surface area contributed by atoms with Crippen molar-refractivity contribution in [1.29, 1.82) is 0 Å². The summed E-state index contributed by atoms with van der Waals surface area (Å²) in [7, 11) is 0. The summed E-state index contributed by atoms with van der Waals surface area (Å²) in [6.45, 7) is 4.22. The maximum absolute atomic E-state index is 11.4. The standard InChI is InChI=1S/C19H30O13/c1-7-17(30-10(4)22)16(26)18(12(29-7)6-28-9(3)21)32-19-15(25)14(24)13(23)11(31-19)5-27-8(2)20/h7,11-19,23-26H,5-6H2,1-4H3/t7?,11?,12?,13-,14-,15?,16+,17?,18+,19-/m0/s1. The lowest BCUT2D eigenvalue weighted by Gasteiger charge is -2.46. The highest BCUT2D eigenvalue weighted by Crippen LogP contribution is 2.30. The molecule has 2 rings (SSSR count). The molecule has 0 aliphatic carbocycles. The first-order chi connectivity index (χ1) is 14.9. The van der Waals surface area contributed by atoms with Crippen LogP contribution in [0.25, 0.3) is 0 Å². The summed E-state index contributed by atoms with van der Waals surface area (Å²) < 4.78 is 31.7. The Morgan fingerprint density at radius 2 is 1.28 bits per heavy atom. The normalized spacial score (nSPS) is 39.8. The highest BCUT2D eigenvalue weighted by atomic mass is 16.7. The van der Waals surface area contributed by atoms with E-state index >= 15 is 0 Å². The van der Waals surface area contributed by atoms with E-state index in [2.05, 4.69) is 0 Å². The summed E-state index contributed by atoms with van der Waals surface area (Å²) >= 11 is 0. The highest BCUT2D eigenvalue weighted by molar-refractivity contribution is 5.66. The summed E-state index contributed by atoms with van der Waals surface area (Å²) in [4.78, 5) is 33.7. The molecule has 2 heterocycles. The van der Waals surface area contributed by atoms with Gasteiger partial charge in [-0.2, -0.15) is 0 Å². The molecule has 0 saturated carbocycles. The molecule has 0 aromatic carbocycles. The molecule has 184 valence electrons. The van der Waals surface area contributed by atoms with Gasteiger partial charge in [0, 0.05) is 20.8 Å². The van der Waals surface area contributed by atoms with Gasteiger partial charge in [0.1, 0.15) is 55.9 Å². The zero-order chi connectivity index (χ0) is 24.2. The van der Waals surface area contributed by atoms with E-state index in [4.69, 9.17) is 28.4 Å². The average Bonchev–Trinajstić information content (AvgIpc) is 2.70. The fourth-order valence-corrected chi connectivity index (χ4v) is 3.50. The Hall–Kier alpha value is -1.87. The van der Waals surface area contributed by atoms with Gasteiger partial charge in [0.25, 0.3) is 0 Å². The van der Waals surface area contributed by atoms with Crippen LogP contribution in [0.15, 0.2) is 0 Å². The Labute approximate surface area is 184 Å². The lowest BCUT2D eigenvalue weighted by molar-refractivity contribution is -0.341. The zero-order valence-electron chi connectivity index (χ0n) is 18.2. The van der Waals surface area contributed by atoms with Gasteiger partial charge in [-0.3, -0.25) is 14.4 Å². The number of ether oxygens (including phenoxy) is 6. The predicted molar refractivity (Wildman–Crippen MR) is 101 cm³/mol. The molecule has 13 heteroatoms. The second-order valence-electron chi connectivity index (χ2n) is 7.66. The zero-order valence-corrected chi connectivity index (χ0v) is 18.2. The van der Waals surface area contributed by atoms with E-state index in [-0.39, 0.29) is 6.61 Å². The van der Waals surface area contributed by atoms with Crippen molar-refractivity contribution < 1.29 is 63.2 Å². The molecular weight excluding hydrogens is 436 g/mol. The molecule has 2 saturated heterocycles. The number of aliphatic hydroxyl groups excluding tert-OH is 4. The van der Waals surface area contributed by atoms with Crippen LogP contribution in [-0.4, -0.2) is 113 Å². The highest BCUT2D eigenvalue weighted by Gasteiger charge is 2.51. The third kappa shape index (κ3) is 6.57. The van der Waals surface area contributed by atoms with Crippen LogP contribution in [0.4, 0.5) is 0 Å². The molecule has 0 aromatic heterocycles. The summed E-state index contributed by atoms with van der Waals surface area (Å²) in [5.41, 5.74) is 0. The van der Waals surface area contributed by atoms with E-state index in [0.717, 1.165) is 13.8 Å². The van der Waals surface area contributed by atoms with Crippen LogP contribution in [0.1, 0.15) is 27.7 Å². The molecule has 10 atom stereocenters. The number of rotatable bonds is 7. The van der Waals surface area contributed by atoms with E-state index in [1.54, 1.807) is 0 Å². The number of aliphatic hydroxyl groups is 4. The van der Waals surface area contributed by atoms with Crippen LogP contribution < -0.4 is 0 Å². The second kappa shape index (κ2) is 11.3. The van der Waals surface area contributed by atoms with Crippen molar-refractivity contribution in [2.45, 2.75) is 88.9 Å². The minimum Gasteiger partial charge on any atom is -0.463 e. The quantitative estimate of drug-likeness (QED) is 0.226. The van der Waals surface area contributed by atoms with Crippen molar-refractivity contribution in [2.24, 2.45) is 0 Å². The van der Waals surface area contributed by atoms with Crippen molar-refractivity contribution in [3.63, 3.8) is 0 Å². The molecule has 5 unspecified atom stereocenters. The van der Waals surface area contributed by atoms with Gasteiger partial charge in [0.05, 0.1) is 6.10 Å². The third-order valence-corrected chi connectivity index (χ3v) is 5.06. The fourth-order valence-electron chi connectivity index (χ4n) is 3.50. The maximum Gasteiger partial charge on any atom is 0.303 e. The van der Waals surface area contributed by atoms with Gasteiger partial charge in [0.15, 0.2) is 12.4 Å².